The molecule has 0 bridgehead atoms. The summed E-state index contributed by atoms with van der Waals surface area (Å²) in [5, 5.41) is 0. The molecule has 0 aliphatic carbocycles. The van der Waals surface area contributed by atoms with Gasteiger partial charge in [-0.05, 0) is 50.3 Å². The van der Waals surface area contributed by atoms with Gasteiger partial charge < -0.3 is 4.90 Å². The number of amides is 1. The fourth-order valence-electron chi connectivity index (χ4n) is 2.09. The highest BCUT2D eigenvalue weighted by Crippen LogP contribution is 2.35. The second-order valence-electron chi connectivity index (χ2n) is 4.22. The summed E-state index contributed by atoms with van der Waals surface area (Å²) in [5.74, 6) is 1.10. The lowest BCUT2D eigenvalue weighted by Gasteiger charge is -2.24. The summed E-state index contributed by atoms with van der Waals surface area (Å²) in [6.45, 7) is 2.96. The number of likely N-dealkylation sites (tertiary alicyclic amines) is 1. The SMILES string of the molecule is CC1CCN(C(=O)c2cc(Br)c(Br)s2)C1CCl. The van der Waals surface area contributed by atoms with E-state index < -0.39 is 0 Å². The minimum absolute atomic E-state index is 0.0939. The lowest BCUT2D eigenvalue weighted by molar-refractivity contribution is 0.0742. The number of halogens is 3. The minimum atomic E-state index is 0.0939. The number of carbonyl (C=O) groups is 1. The van der Waals surface area contributed by atoms with Crippen molar-refractivity contribution in [2.75, 3.05) is 12.4 Å². The van der Waals surface area contributed by atoms with Crippen LogP contribution in [0.4, 0.5) is 0 Å². The zero-order valence-corrected chi connectivity index (χ0v) is 14.0. The second kappa shape index (κ2) is 5.59. The highest BCUT2D eigenvalue weighted by molar-refractivity contribution is 9.13. The molecule has 2 unspecified atom stereocenters. The Bertz CT molecular complexity index is 418. The molecule has 1 aliphatic heterocycles. The van der Waals surface area contributed by atoms with Gasteiger partial charge in [-0.1, -0.05) is 6.92 Å². The van der Waals surface area contributed by atoms with E-state index in [-0.39, 0.29) is 11.9 Å². The van der Waals surface area contributed by atoms with E-state index in [1.165, 1.54) is 11.3 Å². The van der Waals surface area contributed by atoms with Crippen LogP contribution in [0.15, 0.2) is 14.3 Å². The monoisotopic (exact) mass is 399 g/mol. The summed E-state index contributed by atoms with van der Waals surface area (Å²) in [7, 11) is 0. The summed E-state index contributed by atoms with van der Waals surface area (Å²) in [5.41, 5.74) is 0. The Hall–Kier alpha value is 0.420. The van der Waals surface area contributed by atoms with Crippen LogP contribution in [0.3, 0.4) is 0 Å². The van der Waals surface area contributed by atoms with E-state index in [0.29, 0.717) is 11.8 Å². The molecule has 2 nitrogen and oxygen atoms in total. The molecule has 2 atom stereocenters. The molecular weight excluding hydrogens is 389 g/mol. The molecule has 94 valence electrons. The zero-order valence-electron chi connectivity index (χ0n) is 9.25. The maximum atomic E-state index is 12.4. The Morgan fingerprint density at radius 1 is 1.65 bits per heavy atom. The van der Waals surface area contributed by atoms with E-state index in [1.54, 1.807) is 0 Å². The first-order valence-corrected chi connectivity index (χ1v) is 8.30. The summed E-state index contributed by atoms with van der Waals surface area (Å²) in [6.07, 6.45) is 1.04. The van der Waals surface area contributed by atoms with Gasteiger partial charge in [0.1, 0.15) is 0 Å². The van der Waals surface area contributed by atoms with Gasteiger partial charge in [0.15, 0.2) is 0 Å². The third-order valence-corrected chi connectivity index (χ3v) is 6.72. The molecule has 1 saturated heterocycles. The first kappa shape index (κ1) is 13.8. The summed E-state index contributed by atoms with van der Waals surface area (Å²) in [4.78, 5) is 15.0. The van der Waals surface area contributed by atoms with Gasteiger partial charge in [0.05, 0.1) is 8.66 Å². The summed E-state index contributed by atoms with van der Waals surface area (Å²) < 4.78 is 1.89. The second-order valence-corrected chi connectivity index (χ2v) is 7.75. The molecule has 6 heteroatoms. The predicted molar refractivity (Wildman–Crippen MR) is 79.0 cm³/mol. The predicted octanol–water partition coefficient (Wildman–Crippen LogP) is 4.36. The number of rotatable bonds is 2. The normalized spacial score (nSPS) is 24.4. The maximum absolute atomic E-state index is 12.4. The molecule has 0 spiro atoms. The van der Waals surface area contributed by atoms with Crippen molar-refractivity contribution in [2.45, 2.75) is 19.4 Å². The Morgan fingerprint density at radius 2 is 2.35 bits per heavy atom. The molecule has 1 aromatic rings. The highest BCUT2D eigenvalue weighted by atomic mass is 79.9. The van der Waals surface area contributed by atoms with Crippen LogP contribution >= 0.6 is 54.8 Å². The number of hydrogen-bond acceptors (Lipinski definition) is 2. The zero-order chi connectivity index (χ0) is 12.6. The van der Waals surface area contributed by atoms with Crippen molar-refractivity contribution in [2.24, 2.45) is 5.92 Å². The molecule has 0 aromatic carbocycles. The van der Waals surface area contributed by atoms with E-state index >= 15 is 0 Å². The average Bonchev–Trinajstić information content (AvgIpc) is 2.82. The fraction of sp³-hybridized carbons (Fsp3) is 0.545. The van der Waals surface area contributed by atoms with Gasteiger partial charge in [0.2, 0.25) is 0 Å². The smallest absolute Gasteiger partial charge is 0.264 e. The van der Waals surface area contributed by atoms with Gasteiger partial charge in [0, 0.05) is 22.9 Å². The topological polar surface area (TPSA) is 20.3 Å². The number of thiophene rings is 1. The number of nitrogens with zero attached hydrogens (tertiary/aromatic N) is 1. The van der Waals surface area contributed by atoms with Crippen molar-refractivity contribution in [3.05, 3.63) is 19.2 Å². The van der Waals surface area contributed by atoms with E-state index in [2.05, 4.69) is 38.8 Å². The van der Waals surface area contributed by atoms with Crippen molar-refractivity contribution in [3.63, 3.8) is 0 Å². The third-order valence-electron chi connectivity index (χ3n) is 3.16. The van der Waals surface area contributed by atoms with Gasteiger partial charge in [-0.2, -0.15) is 0 Å². The van der Waals surface area contributed by atoms with Crippen LogP contribution in [-0.4, -0.2) is 29.3 Å². The Kier molecular flexibility index (Phi) is 4.55. The van der Waals surface area contributed by atoms with E-state index in [9.17, 15) is 4.79 Å². The molecule has 2 heterocycles. The minimum Gasteiger partial charge on any atom is -0.333 e. The lowest BCUT2D eigenvalue weighted by Crippen LogP contribution is -2.38. The molecule has 1 aromatic heterocycles. The van der Waals surface area contributed by atoms with Crippen LogP contribution in [0, 0.1) is 5.92 Å². The van der Waals surface area contributed by atoms with Gasteiger partial charge >= 0.3 is 0 Å². The molecular formula is C11H12Br2ClNOS. The maximum Gasteiger partial charge on any atom is 0.264 e. The van der Waals surface area contributed by atoms with Crippen LogP contribution in [0.1, 0.15) is 23.0 Å². The number of hydrogen-bond donors (Lipinski definition) is 0. The van der Waals surface area contributed by atoms with E-state index in [1.807, 2.05) is 11.0 Å². The molecule has 1 fully saturated rings. The summed E-state index contributed by atoms with van der Waals surface area (Å²) >= 11 is 14.2. The van der Waals surface area contributed by atoms with Crippen LogP contribution in [0.2, 0.25) is 0 Å². The highest BCUT2D eigenvalue weighted by Gasteiger charge is 2.34. The van der Waals surface area contributed by atoms with Gasteiger partial charge in [-0.3, -0.25) is 4.79 Å². The lowest BCUT2D eigenvalue weighted by atomic mass is 10.1. The molecule has 0 radical (unpaired) electrons. The molecule has 0 N–H and O–H groups in total. The Labute approximate surface area is 127 Å². The van der Waals surface area contributed by atoms with Crippen LogP contribution in [0.25, 0.3) is 0 Å². The first-order valence-electron chi connectivity index (χ1n) is 5.36. The van der Waals surface area contributed by atoms with Crippen LogP contribution < -0.4 is 0 Å². The molecule has 2 rings (SSSR count). The van der Waals surface area contributed by atoms with E-state index in [0.717, 1.165) is 26.1 Å². The molecule has 17 heavy (non-hydrogen) atoms. The van der Waals surface area contributed by atoms with E-state index in [4.69, 9.17) is 11.6 Å². The van der Waals surface area contributed by atoms with Crippen molar-refractivity contribution < 1.29 is 4.79 Å². The van der Waals surface area contributed by atoms with Crippen molar-refractivity contribution in [3.8, 4) is 0 Å². The Morgan fingerprint density at radius 3 is 2.88 bits per heavy atom. The van der Waals surface area contributed by atoms with Crippen molar-refractivity contribution in [1.29, 1.82) is 0 Å². The van der Waals surface area contributed by atoms with Crippen molar-refractivity contribution >= 4 is 60.7 Å². The van der Waals surface area contributed by atoms with Crippen LogP contribution in [0.5, 0.6) is 0 Å². The number of alkyl halides is 1. The largest absolute Gasteiger partial charge is 0.333 e. The van der Waals surface area contributed by atoms with Gasteiger partial charge in [-0.15, -0.1) is 22.9 Å². The van der Waals surface area contributed by atoms with Crippen LogP contribution in [-0.2, 0) is 0 Å². The van der Waals surface area contributed by atoms with Gasteiger partial charge in [-0.25, -0.2) is 0 Å². The number of carbonyl (C=O) groups excluding carboxylic acids is 1. The quantitative estimate of drug-likeness (QED) is 0.674. The molecule has 1 aliphatic rings. The average molecular weight is 402 g/mol. The third kappa shape index (κ3) is 2.72. The first-order chi connectivity index (χ1) is 8.04. The standard InChI is InChI=1S/C11H12Br2ClNOS/c1-6-2-3-15(8(6)5-14)11(16)9-4-7(12)10(13)17-9/h4,6,8H,2-3,5H2,1H3. The van der Waals surface area contributed by atoms with Gasteiger partial charge in [0.25, 0.3) is 5.91 Å². The van der Waals surface area contributed by atoms with Crippen molar-refractivity contribution in [1.82, 2.24) is 4.90 Å². The fourth-order valence-corrected chi connectivity index (χ4v) is 4.55. The summed E-state index contributed by atoms with van der Waals surface area (Å²) in [6, 6.07) is 2.04. The molecule has 0 saturated carbocycles. The Balaban J connectivity index is 2.20. The molecule has 1 amide bonds.